The molecule has 0 saturated carbocycles. The lowest BCUT2D eigenvalue weighted by Gasteiger charge is -2.20. The Kier molecular flexibility index (Phi) is 5.94. The summed E-state index contributed by atoms with van der Waals surface area (Å²) in [6, 6.07) is 10.2. The molecule has 3 amide bonds. The highest BCUT2D eigenvalue weighted by atomic mass is 35.5. The Hall–Kier alpha value is -2.93. The number of carbonyl (C=O) groups excluding carboxylic acids is 3. The number of carbonyl (C=O) groups is 3. The summed E-state index contributed by atoms with van der Waals surface area (Å²) < 4.78 is 13.2. The molecule has 1 fully saturated rings. The maximum atomic E-state index is 13.2. The van der Waals surface area contributed by atoms with E-state index >= 15 is 0 Å². The maximum absolute atomic E-state index is 13.2. The monoisotopic (exact) mass is 403 g/mol. The second kappa shape index (κ2) is 8.39. The van der Waals surface area contributed by atoms with Crippen molar-refractivity contribution in [2.75, 3.05) is 30.4 Å². The summed E-state index contributed by atoms with van der Waals surface area (Å²) in [4.78, 5) is 39.6. The second-order valence-corrected chi connectivity index (χ2v) is 6.94. The van der Waals surface area contributed by atoms with Crippen molar-refractivity contribution in [2.45, 2.75) is 12.8 Å². The molecule has 1 N–H and O–H groups in total. The highest BCUT2D eigenvalue weighted by molar-refractivity contribution is 6.34. The van der Waals surface area contributed by atoms with E-state index in [4.69, 9.17) is 11.6 Å². The lowest BCUT2D eigenvalue weighted by atomic mass is 10.1. The normalized spacial score (nSPS) is 13.5. The summed E-state index contributed by atoms with van der Waals surface area (Å²) in [5, 5.41) is 2.93. The van der Waals surface area contributed by atoms with E-state index in [0.717, 1.165) is 6.42 Å². The van der Waals surface area contributed by atoms with E-state index in [1.54, 1.807) is 29.2 Å². The molecule has 8 heteroatoms. The molecule has 0 radical (unpaired) electrons. The molecule has 1 heterocycles. The number of likely N-dealkylation sites (N-methyl/N-ethyl adjacent to an activating group) is 1. The van der Waals surface area contributed by atoms with Crippen molar-refractivity contribution in [3.05, 3.63) is 58.9 Å². The van der Waals surface area contributed by atoms with Gasteiger partial charge in [-0.05, 0) is 42.8 Å². The first-order chi connectivity index (χ1) is 13.3. The molecule has 0 aromatic heterocycles. The molecule has 0 unspecified atom stereocenters. The zero-order valence-electron chi connectivity index (χ0n) is 15.2. The van der Waals surface area contributed by atoms with Crippen LogP contribution in [0.1, 0.15) is 23.2 Å². The number of hydrogen-bond donors (Lipinski definition) is 1. The third-order valence-electron chi connectivity index (χ3n) is 4.39. The SMILES string of the molecule is CN(CC(=O)Nc1cccc(F)c1)C(=O)c1ccc(Cl)c(N2CCCC2=O)c1. The first-order valence-electron chi connectivity index (χ1n) is 8.76. The predicted octanol–water partition coefficient (Wildman–Crippen LogP) is 3.32. The van der Waals surface area contributed by atoms with Crippen molar-refractivity contribution in [1.82, 2.24) is 4.90 Å². The van der Waals surface area contributed by atoms with Crippen molar-refractivity contribution in [2.24, 2.45) is 0 Å². The van der Waals surface area contributed by atoms with Crippen LogP contribution in [0.5, 0.6) is 0 Å². The Balaban J connectivity index is 1.69. The second-order valence-electron chi connectivity index (χ2n) is 6.53. The maximum Gasteiger partial charge on any atom is 0.254 e. The summed E-state index contributed by atoms with van der Waals surface area (Å²) >= 11 is 6.20. The van der Waals surface area contributed by atoms with Gasteiger partial charge in [-0.25, -0.2) is 4.39 Å². The molecule has 3 rings (SSSR count). The molecular weight excluding hydrogens is 385 g/mol. The average Bonchev–Trinajstić information content (AvgIpc) is 3.07. The fraction of sp³-hybridized carbons (Fsp3) is 0.250. The summed E-state index contributed by atoms with van der Waals surface area (Å²) in [5.41, 5.74) is 1.12. The van der Waals surface area contributed by atoms with E-state index in [2.05, 4.69) is 5.32 Å². The molecule has 2 aromatic rings. The molecule has 0 spiro atoms. The van der Waals surface area contributed by atoms with E-state index in [0.29, 0.717) is 34.9 Å². The Bertz CT molecular complexity index is 935. The Labute approximate surface area is 166 Å². The number of rotatable bonds is 5. The average molecular weight is 404 g/mol. The van der Waals surface area contributed by atoms with Crippen molar-refractivity contribution < 1.29 is 18.8 Å². The van der Waals surface area contributed by atoms with Crippen LogP contribution >= 0.6 is 11.6 Å². The molecule has 28 heavy (non-hydrogen) atoms. The molecule has 0 atom stereocenters. The largest absolute Gasteiger partial charge is 0.332 e. The minimum atomic E-state index is -0.465. The highest BCUT2D eigenvalue weighted by Crippen LogP contribution is 2.30. The number of anilines is 2. The van der Waals surface area contributed by atoms with E-state index in [1.807, 2.05) is 0 Å². The van der Waals surface area contributed by atoms with Crippen LogP contribution in [0.3, 0.4) is 0 Å². The molecule has 1 aliphatic heterocycles. The number of halogens is 2. The van der Waals surface area contributed by atoms with Crippen LogP contribution in [0.25, 0.3) is 0 Å². The van der Waals surface area contributed by atoms with Gasteiger partial charge in [-0.3, -0.25) is 14.4 Å². The third kappa shape index (κ3) is 4.48. The van der Waals surface area contributed by atoms with Gasteiger partial charge >= 0.3 is 0 Å². The number of nitrogens with one attached hydrogen (secondary N) is 1. The zero-order chi connectivity index (χ0) is 20.3. The fourth-order valence-electron chi connectivity index (χ4n) is 3.03. The van der Waals surface area contributed by atoms with Gasteiger partial charge in [0.2, 0.25) is 11.8 Å². The van der Waals surface area contributed by atoms with Gasteiger partial charge in [0.1, 0.15) is 5.82 Å². The lowest BCUT2D eigenvalue weighted by molar-refractivity contribution is -0.117. The molecule has 1 aliphatic rings. The number of benzene rings is 2. The Morgan fingerprint density at radius 1 is 1.25 bits per heavy atom. The van der Waals surface area contributed by atoms with Crippen LogP contribution in [-0.4, -0.2) is 42.8 Å². The van der Waals surface area contributed by atoms with E-state index < -0.39 is 11.7 Å². The summed E-state index contributed by atoms with van der Waals surface area (Å²) in [5.74, 6) is -1.34. The number of nitrogens with zero attached hydrogens (tertiary/aromatic N) is 2. The van der Waals surface area contributed by atoms with E-state index in [-0.39, 0.29) is 18.4 Å². The number of hydrogen-bond acceptors (Lipinski definition) is 3. The van der Waals surface area contributed by atoms with Crippen LogP contribution in [0, 0.1) is 5.82 Å². The molecule has 0 bridgehead atoms. The molecular formula is C20H19ClFN3O3. The highest BCUT2D eigenvalue weighted by Gasteiger charge is 2.25. The van der Waals surface area contributed by atoms with Crippen LogP contribution in [-0.2, 0) is 9.59 Å². The van der Waals surface area contributed by atoms with Crippen LogP contribution < -0.4 is 10.2 Å². The van der Waals surface area contributed by atoms with Gasteiger partial charge in [-0.15, -0.1) is 0 Å². The lowest BCUT2D eigenvalue weighted by Crippen LogP contribution is -2.35. The van der Waals surface area contributed by atoms with Crippen molar-refractivity contribution >= 4 is 40.7 Å². The van der Waals surface area contributed by atoms with Gasteiger partial charge in [0.05, 0.1) is 17.3 Å². The molecule has 0 aliphatic carbocycles. The van der Waals surface area contributed by atoms with Crippen molar-refractivity contribution in [3.8, 4) is 0 Å². The summed E-state index contributed by atoms with van der Waals surface area (Å²) in [6.07, 6.45) is 1.20. The molecule has 6 nitrogen and oxygen atoms in total. The van der Waals surface area contributed by atoms with Crippen molar-refractivity contribution in [1.29, 1.82) is 0 Å². The summed E-state index contributed by atoms with van der Waals surface area (Å²) in [6.45, 7) is 0.345. The topological polar surface area (TPSA) is 69.7 Å². The first kappa shape index (κ1) is 19.8. The Morgan fingerprint density at radius 2 is 2.04 bits per heavy atom. The molecule has 1 saturated heterocycles. The molecule has 146 valence electrons. The van der Waals surface area contributed by atoms with Gasteiger partial charge in [-0.2, -0.15) is 0 Å². The van der Waals surface area contributed by atoms with Gasteiger partial charge < -0.3 is 15.1 Å². The van der Waals surface area contributed by atoms with Crippen LogP contribution in [0.2, 0.25) is 5.02 Å². The third-order valence-corrected chi connectivity index (χ3v) is 4.71. The standard InChI is InChI=1S/C20H19ClFN3O3/c1-24(12-18(26)23-15-5-2-4-14(22)11-15)20(28)13-7-8-16(21)17(10-13)25-9-3-6-19(25)27/h2,4-5,7-8,10-11H,3,6,9,12H2,1H3,(H,23,26). The minimum absolute atomic E-state index is 0.0330. The minimum Gasteiger partial charge on any atom is -0.332 e. The van der Waals surface area contributed by atoms with Crippen molar-refractivity contribution in [3.63, 3.8) is 0 Å². The van der Waals surface area contributed by atoms with Gasteiger partial charge in [0.15, 0.2) is 0 Å². The first-order valence-corrected chi connectivity index (χ1v) is 9.14. The van der Waals surface area contributed by atoms with Gasteiger partial charge in [0, 0.05) is 31.3 Å². The molecule has 2 aromatic carbocycles. The van der Waals surface area contributed by atoms with Gasteiger partial charge in [0.25, 0.3) is 5.91 Å². The predicted molar refractivity (Wildman–Crippen MR) is 105 cm³/mol. The smallest absolute Gasteiger partial charge is 0.254 e. The zero-order valence-corrected chi connectivity index (χ0v) is 16.0. The number of amides is 3. The van der Waals surface area contributed by atoms with Crippen LogP contribution in [0.15, 0.2) is 42.5 Å². The Morgan fingerprint density at radius 3 is 2.71 bits per heavy atom. The fourth-order valence-corrected chi connectivity index (χ4v) is 3.25. The van der Waals surface area contributed by atoms with Gasteiger partial charge in [-0.1, -0.05) is 17.7 Å². The van der Waals surface area contributed by atoms with E-state index in [1.165, 1.54) is 30.1 Å². The van der Waals surface area contributed by atoms with Crippen LogP contribution in [0.4, 0.5) is 15.8 Å². The summed E-state index contributed by atoms with van der Waals surface area (Å²) in [7, 11) is 1.49. The quantitative estimate of drug-likeness (QED) is 0.832. The van der Waals surface area contributed by atoms with E-state index in [9.17, 15) is 18.8 Å².